The van der Waals surface area contributed by atoms with E-state index < -0.39 is 5.82 Å². The quantitative estimate of drug-likeness (QED) is 0.620. The highest BCUT2D eigenvalue weighted by molar-refractivity contribution is 5.62. The first-order valence-electron chi connectivity index (χ1n) is 10.3. The average molecular weight is 410 g/mol. The van der Waals surface area contributed by atoms with E-state index in [9.17, 15) is 4.39 Å². The lowest BCUT2D eigenvalue weighted by atomic mass is 9.99. The highest BCUT2D eigenvalue weighted by Crippen LogP contribution is 2.26. The standard InChI is InChI=1S/C22H27FN6O/c1-15(2)29-14-18(11-25-29)21-20(23)12-24-22(27-21)26-19-5-4-17-13-28(7-3-9-30)8-6-16(17)10-19/h4-5,10-12,14-15,30H,3,6-9,13H2,1-2H3,(H,24,26,27). The van der Waals surface area contributed by atoms with Gasteiger partial charge < -0.3 is 10.4 Å². The number of rotatable bonds is 7. The lowest BCUT2D eigenvalue weighted by Gasteiger charge is -2.28. The van der Waals surface area contributed by atoms with Gasteiger partial charge >= 0.3 is 0 Å². The minimum Gasteiger partial charge on any atom is -0.396 e. The molecular formula is C22H27FN6O. The zero-order valence-corrected chi connectivity index (χ0v) is 17.3. The lowest BCUT2D eigenvalue weighted by molar-refractivity contribution is 0.212. The van der Waals surface area contributed by atoms with Gasteiger partial charge in [-0.3, -0.25) is 9.58 Å². The van der Waals surface area contributed by atoms with Gasteiger partial charge in [-0.15, -0.1) is 0 Å². The molecule has 0 fully saturated rings. The number of nitrogens with one attached hydrogen (secondary N) is 1. The van der Waals surface area contributed by atoms with Crippen molar-refractivity contribution >= 4 is 11.6 Å². The summed E-state index contributed by atoms with van der Waals surface area (Å²) >= 11 is 0. The molecule has 0 atom stereocenters. The Morgan fingerprint density at radius 2 is 2.10 bits per heavy atom. The summed E-state index contributed by atoms with van der Waals surface area (Å²) in [5.41, 5.74) is 4.33. The van der Waals surface area contributed by atoms with E-state index in [0.717, 1.165) is 38.2 Å². The molecule has 0 spiro atoms. The van der Waals surface area contributed by atoms with Crippen LogP contribution in [0, 0.1) is 5.82 Å². The summed E-state index contributed by atoms with van der Waals surface area (Å²) in [4.78, 5) is 10.8. The monoisotopic (exact) mass is 410 g/mol. The Balaban J connectivity index is 1.51. The van der Waals surface area contributed by atoms with Crippen molar-refractivity contribution in [3.8, 4) is 11.3 Å². The highest BCUT2D eigenvalue weighted by Gasteiger charge is 2.17. The molecule has 0 radical (unpaired) electrons. The fourth-order valence-corrected chi connectivity index (χ4v) is 3.68. The van der Waals surface area contributed by atoms with E-state index in [4.69, 9.17) is 5.11 Å². The Bertz CT molecular complexity index is 1020. The van der Waals surface area contributed by atoms with Gasteiger partial charge in [0.1, 0.15) is 5.69 Å². The van der Waals surface area contributed by atoms with Crippen molar-refractivity contribution in [2.45, 2.75) is 39.3 Å². The van der Waals surface area contributed by atoms with Crippen LogP contribution in [0.1, 0.15) is 37.4 Å². The van der Waals surface area contributed by atoms with Gasteiger partial charge in [0.15, 0.2) is 5.82 Å². The van der Waals surface area contributed by atoms with Crippen LogP contribution < -0.4 is 5.32 Å². The van der Waals surface area contributed by atoms with E-state index in [2.05, 4.69) is 37.4 Å². The summed E-state index contributed by atoms with van der Waals surface area (Å²) in [5.74, 6) is -0.124. The number of fused-ring (bicyclic) bond motifs is 1. The van der Waals surface area contributed by atoms with Crippen LogP contribution in [0.5, 0.6) is 0 Å². The molecule has 1 aliphatic rings. The molecule has 1 aromatic carbocycles. The molecule has 7 nitrogen and oxygen atoms in total. The van der Waals surface area contributed by atoms with E-state index in [1.165, 1.54) is 17.3 Å². The van der Waals surface area contributed by atoms with Crippen LogP contribution in [-0.2, 0) is 13.0 Å². The minimum absolute atomic E-state index is 0.191. The summed E-state index contributed by atoms with van der Waals surface area (Å²) in [6.45, 7) is 7.05. The first-order valence-corrected chi connectivity index (χ1v) is 10.3. The molecule has 0 saturated heterocycles. The molecule has 0 amide bonds. The van der Waals surface area contributed by atoms with Gasteiger partial charge in [-0.25, -0.2) is 14.4 Å². The minimum atomic E-state index is -0.475. The van der Waals surface area contributed by atoms with Crippen LogP contribution in [0.25, 0.3) is 11.3 Å². The summed E-state index contributed by atoms with van der Waals surface area (Å²) in [6.07, 6.45) is 6.36. The summed E-state index contributed by atoms with van der Waals surface area (Å²) < 4.78 is 16.1. The molecule has 0 aliphatic carbocycles. The molecule has 0 bridgehead atoms. The molecule has 1 aliphatic heterocycles. The van der Waals surface area contributed by atoms with Crippen molar-refractivity contribution in [3.05, 3.63) is 53.7 Å². The fraction of sp³-hybridized carbons (Fsp3) is 0.409. The Labute approximate surface area is 175 Å². The van der Waals surface area contributed by atoms with E-state index in [0.29, 0.717) is 11.5 Å². The van der Waals surface area contributed by atoms with Gasteiger partial charge in [-0.1, -0.05) is 6.07 Å². The van der Waals surface area contributed by atoms with Gasteiger partial charge in [-0.05, 0) is 49.9 Å². The lowest BCUT2D eigenvalue weighted by Crippen LogP contribution is -2.31. The number of aliphatic hydroxyl groups excluding tert-OH is 1. The van der Waals surface area contributed by atoms with E-state index >= 15 is 0 Å². The molecule has 8 heteroatoms. The molecule has 3 aromatic rings. The summed E-state index contributed by atoms with van der Waals surface area (Å²) in [6, 6.07) is 6.41. The first kappa shape index (κ1) is 20.4. The van der Waals surface area contributed by atoms with E-state index in [1.54, 1.807) is 17.1 Å². The second-order valence-corrected chi connectivity index (χ2v) is 7.90. The Morgan fingerprint density at radius 1 is 1.23 bits per heavy atom. The normalized spacial score (nSPS) is 14.2. The second kappa shape index (κ2) is 8.89. The van der Waals surface area contributed by atoms with Crippen molar-refractivity contribution in [1.82, 2.24) is 24.6 Å². The number of hydrogen-bond acceptors (Lipinski definition) is 6. The predicted octanol–water partition coefficient (Wildman–Crippen LogP) is 3.54. The van der Waals surface area contributed by atoms with E-state index in [1.807, 2.05) is 19.9 Å². The smallest absolute Gasteiger partial charge is 0.227 e. The van der Waals surface area contributed by atoms with Gasteiger partial charge in [0.05, 0.1) is 12.4 Å². The fourth-order valence-electron chi connectivity index (χ4n) is 3.68. The number of halogens is 1. The van der Waals surface area contributed by atoms with Crippen LogP contribution in [0.2, 0.25) is 0 Å². The number of aromatic nitrogens is 4. The Morgan fingerprint density at radius 3 is 2.87 bits per heavy atom. The van der Waals surface area contributed by atoms with Crippen molar-refractivity contribution < 1.29 is 9.50 Å². The maximum Gasteiger partial charge on any atom is 0.227 e. The maximum absolute atomic E-state index is 14.3. The number of nitrogens with zero attached hydrogens (tertiary/aromatic N) is 5. The molecule has 30 heavy (non-hydrogen) atoms. The van der Waals surface area contributed by atoms with Crippen LogP contribution in [0.4, 0.5) is 16.0 Å². The van der Waals surface area contributed by atoms with Crippen LogP contribution >= 0.6 is 0 Å². The SMILES string of the molecule is CC(C)n1cc(-c2nc(Nc3ccc4c(c3)CCN(CCCO)C4)ncc2F)cn1. The second-order valence-electron chi connectivity index (χ2n) is 7.90. The predicted molar refractivity (Wildman–Crippen MR) is 114 cm³/mol. The molecular weight excluding hydrogens is 383 g/mol. The third-order valence-electron chi connectivity index (χ3n) is 5.33. The van der Waals surface area contributed by atoms with Crippen molar-refractivity contribution in [2.75, 3.05) is 25.0 Å². The Hall–Kier alpha value is -2.84. The average Bonchev–Trinajstić information content (AvgIpc) is 3.24. The highest BCUT2D eigenvalue weighted by atomic mass is 19.1. The van der Waals surface area contributed by atoms with Gasteiger partial charge in [0, 0.05) is 49.7 Å². The zero-order chi connectivity index (χ0) is 21.1. The van der Waals surface area contributed by atoms with Gasteiger partial charge in [0.2, 0.25) is 5.95 Å². The van der Waals surface area contributed by atoms with Crippen molar-refractivity contribution in [3.63, 3.8) is 0 Å². The third-order valence-corrected chi connectivity index (χ3v) is 5.33. The molecule has 2 N–H and O–H groups in total. The maximum atomic E-state index is 14.3. The summed E-state index contributed by atoms with van der Waals surface area (Å²) in [7, 11) is 0. The van der Waals surface area contributed by atoms with Crippen molar-refractivity contribution in [2.24, 2.45) is 0 Å². The topological polar surface area (TPSA) is 79.1 Å². The molecule has 3 heterocycles. The summed E-state index contributed by atoms with van der Waals surface area (Å²) in [5, 5.41) is 16.5. The number of benzene rings is 1. The number of hydrogen-bond donors (Lipinski definition) is 2. The molecule has 0 saturated carbocycles. The van der Waals surface area contributed by atoms with E-state index in [-0.39, 0.29) is 18.3 Å². The Kier molecular flexibility index (Phi) is 6.06. The van der Waals surface area contributed by atoms with Gasteiger partial charge in [0.25, 0.3) is 0 Å². The van der Waals surface area contributed by atoms with Crippen LogP contribution in [0.3, 0.4) is 0 Å². The van der Waals surface area contributed by atoms with Crippen molar-refractivity contribution in [1.29, 1.82) is 0 Å². The van der Waals surface area contributed by atoms with Crippen LogP contribution in [0.15, 0.2) is 36.8 Å². The van der Waals surface area contributed by atoms with Crippen LogP contribution in [-0.4, -0.2) is 49.5 Å². The molecule has 158 valence electrons. The molecule has 2 aromatic heterocycles. The van der Waals surface area contributed by atoms with Gasteiger partial charge in [-0.2, -0.15) is 5.10 Å². The third kappa shape index (κ3) is 4.49. The largest absolute Gasteiger partial charge is 0.396 e. The number of anilines is 2. The number of aliphatic hydroxyl groups is 1. The zero-order valence-electron chi connectivity index (χ0n) is 17.3. The first-order chi connectivity index (χ1) is 14.5. The molecule has 0 unspecified atom stereocenters. The molecule has 4 rings (SSSR count).